The van der Waals surface area contributed by atoms with Crippen LogP contribution in [0.2, 0.25) is 0 Å². The molecule has 0 amide bonds. The second-order valence-corrected chi connectivity index (χ2v) is 4.84. The molecule has 2 aromatic rings. The highest BCUT2D eigenvalue weighted by atomic mass is 16.5. The predicted octanol–water partition coefficient (Wildman–Crippen LogP) is 2.48. The number of nitrogen functional groups attached to an aromatic ring is 1. The Labute approximate surface area is 120 Å². The lowest BCUT2D eigenvalue weighted by Gasteiger charge is -2.20. The van der Waals surface area contributed by atoms with Crippen molar-refractivity contribution < 1.29 is 4.74 Å². The van der Waals surface area contributed by atoms with Gasteiger partial charge in [-0.1, -0.05) is 18.2 Å². The molecule has 0 bridgehead atoms. The summed E-state index contributed by atoms with van der Waals surface area (Å²) in [5.41, 5.74) is 9.27. The van der Waals surface area contributed by atoms with Gasteiger partial charge in [0.25, 0.3) is 0 Å². The highest BCUT2D eigenvalue weighted by molar-refractivity contribution is 5.43. The van der Waals surface area contributed by atoms with E-state index in [1.807, 2.05) is 25.2 Å². The molecule has 0 saturated carbocycles. The molecule has 1 aromatic heterocycles. The molecule has 0 fully saturated rings. The molecule has 0 aliphatic rings. The fraction of sp³-hybridized carbons (Fsp3) is 0.312. The second-order valence-electron chi connectivity index (χ2n) is 4.84. The fourth-order valence-electron chi connectivity index (χ4n) is 2.32. The highest BCUT2D eigenvalue weighted by Crippen LogP contribution is 2.29. The van der Waals surface area contributed by atoms with E-state index in [0.29, 0.717) is 5.82 Å². The molecule has 0 spiro atoms. The summed E-state index contributed by atoms with van der Waals surface area (Å²) in [7, 11) is 3.64. The van der Waals surface area contributed by atoms with Gasteiger partial charge in [-0.05, 0) is 43.7 Å². The molecule has 0 radical (unpaired) electrons. The average Bonchev–Trinajstić information content (AvgIpc) is 2.46. The Morgan fingerprint density at radius 1 is 1.35 bits per heavy atom. The molecule has 106 valence electrons. The molecule has 0 aliphatic heterocycles. The Bertz CT molecular complexity index is 584. The smallest absolute Gasteiger partial charge is 0.126 e. The van der Waals surface area contributed by atoms with E-state index in [1.165, 1.54) is 5.56 Å². The minimum atomic E-state index is 0.136. The minimum Gasteiger partial charge on any atom is -0.496 e. The van der Waals surface area contributed by atoms with Crippen molar-refractivity contribution in [1.29, 1.82) is 0 Å². The zero-order chi connectivity index (χ0) is 14.5. The first-order chi connectivity index (χ1) is 9.65. The lowest BCUT2D eigenvalue weighted by atomic mass is 9.97. The minimum absolute atomic E-state index is 0.136. The number of nitrogens with zero attached hydrogens (tertiary/aromatic N) is 1. The first-order valence-corrected chi connectivity index (χ1v) is 6.67. The highest BCUT2D eigenvalue weighted by Gasteiger charge is 2.16. The lowest BCUT2D eigenvalue weighted by molar-refractivity contribution is 0.401. The molecule has 3 N–H and O–H groups in total. The Morgan fingerprint density at radius 3 is 2.80 bits per heavy atom. The molecule has 20 heavy (non-hydrogen) atoms. The Balaban J connectivity index is 2.31. The van der Waals surface area contributed by atoms with Crippen LogP contribution in [0.1, 0.15) is 22.7 Å². The van der Waals surface area contributed by atoms with E-state index in [1.54, 1.807) is 13.3 Å². The zero-order valence-electron chi connectivity index (χ0n) is 12.2. The molecule has 4 heteroatoms. The van der Waals surface area contributed by atoms with Crippen LogP contribution in [0.4, 0.5) is 5.82 Å². The van der Waals surface area contributed by atoms with Gasteiger partial charge in [-0.15, -0.1) is 0 Å². The van der Waals surface area contributed by atoms with Crippen LogP contribution >= 0.6 is 0 Å². The number of aromatic nitrogens is 1. The average molecular weight is 271 g/mol. The van der Waals surface area contributed by atoms with Crippen LogP contribution in [-0.4, -0.2) is 19.1 Å². The quantitative estimate of drug-likeness (QED) is 0.877. The van der Waals surface area contributed by atoms with Gasteiger partial charge in [-0.3, -0.25) is 0 Å². The normalized spacial score (nSPS) is 12.2. The molecule has 1 atom stereocenters. The standard InChI is InChI=1S/C16H21N3O/c1-11-6-7-13(15(9-11)20-3)14(18-2)10-12-5-4-8-19-16(12)17/h4-9,14,18H,10H2,1-3H3,(H2,17,19). The first-order valence-electron chi connectivity index (χ1n) is 6.67. The van der Waals surface area contributed by atoms with E-state index >= 15 is 0 Å². The van der Waals surface area contributed by atoms with Crippen LogP contribution in [0.5, 0.6) is 5.75 Å². The van der Waals surface area contributed by atoms with Crippen LogP contribution in [0, 0.1) is 6.92 Å². The molecule has 0 saturated heterocycles. The van der Waals surface area contributed by atoms with Gasteiger partial charge in [-0.25, -0.2) is 4.98 Å². The zero-order valence-corrected chi connectivity index (χ0v) is 12.2. The SMILES string of the molecule is CNC(Cc1cccnc1N)c1ccc(C)cc1OC. The molecular weight excluding hydrogens is 250 g/mol. The van der Waals surface area contributed by atoms with E-state index in [9.17, 15) is 0 Å². The van der Waals surface area contributed by atoms with Crippen molar-refractivity contribution in [2.75, 3.05) is 19.9 Å². The van der Waals surface area contributed by atoms with Crippen molar-refractivity contribution >= 4 is 5.82 Å². The molecule has 2 rings (SSSR count). The van der Waals surface area contributed by atoms with Gasteiger partial charge in [0, 0.05) is 17.8 Å². The van der Waals surface area contributed by atoms with E-state index in [0.717, 1.165) is 23.3 Å². The number of ether oxygens (including phenoxy) is 1. The maximum absolute atomic E-state index is 5.93. The number of anilines is 1. The second kappa shape index (κ2) is 6.39. The maximum Gasteiger partial charge on any atom is 0.126 e. The Hall–Kier alpha value is -2.07. The lowest BCUT2D eigenvalue weighted by Crippen LogP contribution is -2.20. The fourth-order valence-corrected chi connectivity index (χ4v) is 2.32. The topological polar surface area (TPSA) is 60.2 Å². The van der Waals surface area contributed by atoms with E-state index < -0.39 is 0 Å². The summed E-state index contributed by atoms with van der Waals surface area (Å²) in [6, 6.07) is 10.3. The third-order valence-electron chi connectivity index (χ3n) is 3.46. The van der Waals surface area contributed by atoms with Gasteiger partial charge in [0.1, 0.15) is 11.6 Å². The van der Waals surface area contributed by atoms with Gasteiger partial charge < -0.3 is 15.8 Å². The van der Waals surface area contributed by atoms with E-state index in [4.69, 9.17) is 10.5 Å². The summed E-state index contributed by atoms with van der Waals surface area (Å²) in [4.78, 5) is 4.14. The molecule has 1 aromatic carbocycles. The first kappa shape index (κ1) is 14.3. The van der Waals surface area contributed by atoms with Crippen molar-refractivity contribution in [3.05, 3.63) is 53.2 Å². The Morgan fingerprint density at radius 2 is 2.15 bits per heavy atom. The molecule has 0 aliphatic carbocycles. The number of aryl methyl sites for hydroxylation is 1. The summed E-state index contributed by atoms with van der Waals surface area (Å²) in [6.45, 7) is 2.06. The van der Waals surface area contributed by atoms with Gasteiger partial charge in [-0.2, -0.15) is 0 Å². The summed E-state index contributed by atoms with van der Waals surface area (Å²) < 4.78 is 5.49. The molecule has 4 nitrogen and oxygen atoms in total. The number of rotatable bonds is 5. The van der Waals surface area contributed by atoms with Crippen LogP contribution in [0.25, 0.3) is 0 Å². The largest absolute Gasteiger partial charge is 0.496 e. The number of methoxy groups -OCH3 is 1. The number of pyridine rings is 1. The predicted molar refractivity (Wildman–Crippen MR) is 81.9 cm³/mol. The van der Waals surface area contributed by atoms with Crippen molar-refractivity contribution in [2.24, 2.45) is 0 Å². The van der Waals surface area contributed by atoms with E-state index in [-0.39, 0.29) is 6.04 Å². The van der Waals surface area contributed by atoms with Crippen molar-refractivity contribution in [2.45, 2.75) is 19.4 Å². The summed E-state index contributed by atoms with van der Waals surface area (Å²) in [5.74, 6) is 1.48. The number of likely N-dealkylation sites (N-methyl/N-ethyl adjacent to an activating group) is 1. The number of benzene rings is 1. The van der Waals surface area contributed by atoms with Crippen molar-refractivity contribution in [3.8, 4) is 5.75 Å². The number of nitrogens with one attached hydrogen (secondary N) is 1. The Kier molecular flexibility index (Phi) is 4.58. The van der Waals surface area contributed by atoms with Crippen LogP contribution in [0.15, 0.2) is 36.5 Å². The molecular formula is C16H21N3O. The van der Waals surface area contributed by atoms with Gasteiger partial charge in [0.05, 0.1) is 7.11 Å². The monoisotopic (exact) mass is 271 g/mol. The summed E-state index contributed by atoms with van der Waals surface area (Å²) in [5, 5.41) is 3.32. The third kappa shape index (κ3) is 3.08. The van der Waals surface area contributed by atoms with Crippen molar-refractivity contribution in [1.82, 2.24) is 10.3 Å². The van der Waals surface area contributed by atoms with Gasteiger partial charge in [0.2, 0.25) is 0 Å². The summed E-state index contributed by atoms with van der Waals surface area (Å²) >= 11 is 0. The molecule has 1 heterocycles. The van der Waals surface area contributed by atoms with Crippen LogP contribution < -0.4 is 15.8 Å². The number of hydrogen-bond acceptors (Lipinski definition) is 4. The van der Waals surface area contributed by atoms with Crippen LogP contribution in [-0.2, 0) is 6.42 Å². The maximum atomic E-state index is 5.93. The summed E-state index contributed by atoms with van der Waals surface area (Å²) in [6.07, 6.45) is 2.48. The van der Waals surface area contributed by atoms with Crippen LogP contribution in [0.3, 0.4) is 0 Å². The van der Waals surface area contributed by atoms with Crippen molar-refractivity contribution in [3.63, 3.8) is 0 Å². The van der Waals surface area contributed by atoms with Gasteiger partial charge in [0.15, 0.2) is 0 Å². The van der Waals surface area contributed by atoms with E-state index in [2.05, 4.69) is 29.4 Å². The molecule has 1 unspecified atom stereocenters. The number of nitrogens with two attached hydrogens (primary N) is 1. The van der Waals surface area contributed by atoms with Gasteiger partial charge >= 0.3 is 0 Å². The number of hydrogen-bond donors (Lipinski definition) is 2. The third-order valence-corrected chi connectivity index (χ3v) is 3.46.